The van der Waals surface area contributed by atoms with Gasteiger partial charge in [0.25, 0.3) is 22.7 Å². The molecule has 1 aliphatic heterocycles. The molecule has 316 valence electrons. The monoisotopic (exact) mass is 932 g/mol. The molecule has 0 fully saturated rings. The zero-order chi connectivity index (χ0) is 45.1. The number of nitro benzene ring substituents is 4. The van der Waals surface area contributed by atoms with Crippen LogP contribution in [0.2, 0.25) is 20.1 Å². The molecule has 0 spiro atoms. The Morgan fingerprint density at radius 3 is 0.734 bits per heavy atom. The molecule has 1 aliphatic rings. The Balaban J connectivity index is 1.46. The first-order valence-corrected chi connectivity index (χ1v) is 20.2. The lowest BCUT2D eigenvalue weighted by molar-refractivity contribution is -0.384. The van der Waals surface area contributed by atoms with Crippen molar-refractivity contribution in [1.29, 1.82) is 0 Å². The summed E-state index contributed by atoms with van der Waals surface area (Å²) in [6, 6.07) is 31.4. The molecule has 16 nitrogen and oxygen atoms in total. The van der Waals surface area contributed by atoms with Gasteiger partial charge >= 0.3 is 0 Å². The van der Waals surface area contributed by atoms with E-state index in [9.17, 15) is 40.5 Å². The van der Waals surface area contributed by atoms with Crippen LogP contribution in [-0.4, -0.2) is 39.6 Å². The van der Waals surface area contributed by atoms with Crippen molar-refractivity contribution in [3.05, 3.63) is 248 Å². The topological polar surface area (TPSA) is 236 Å². The highest BCUT2D eigenvalue weighted by Gasteiger charge is 2.24. The molecule has 4 aromatic heterocycles. The van der Waals surface area contributed by atoms with Gasteiger partial charge in [0.15, 0.2) is 0 Å². The van der Waals surface area contributed by atoms with Crippen LogP contribution in [0.5, 0.6) is 0 Å². The Morgan fingerprint density at radius 2 is 0.531 bits per heavy atom. The van der Waals surface area contributed by atoms with Crippen LogP contribution in [0.15, 0.2) is 121 Å². The maximum atomic E-state index is 12.2. The predicted molar refractivity (Wildman–Crippen MR) is 241 cm³/mol. The molecule has 4 N–H and O–H groups in total. The minimum Gasteiger partial charge on any atom is -0.354 e. The van der Waals surface area contributed by atoms with Gasteiger partial charge < -0.3 is 19.9 Å². The number of benzene rings is 4. The van der Waals surface area contributed by atoms with Crippen LogP contribution < -0.4 is 21.4 Å². The summed E-state index contributed by atoms with van der Waals surface area (Å²) in [5, 5.41) is 50.1. The number of hydrogen-bond donors (Lipinski definition) is 4. The zero-order valence-electron chi connectivity index (χ0n) is 32.1. The van der Waals surface area contributed by atoms with Crippen molar-refractivity contribution in [2.24, 2.45) is 0 Å². The highest BCUT2D eigenvalue weighted by molar-refractivity contribution is 6.33. The molecule has 0 saturated carbocycles. The van der Waals surface area contributed by atoms with Gasteiger partial charge in [0.2, 0.25) is 0 Å². The van der Waals surface area contributed by atoms with Gasteiger partial charge in [-0.25, -0.2) is 0 Å². The zero-order valence-corrected chi connectivity index (χ0v) is 35.1. The summed E-state index contributed by atoms with van der Waals surface area (Å²) in [5.74, 6) is 0. The standard InChI is InChI=1S/C44H24Cl4N8O8/c45-25-5-1-21(17-37(25)53(57)58)41-29-9-11-31(49-29)42(22-2-6-26(46)38(18-22)54(59)60)33-13-15-35(51-33)44(24-4-8-28(48)40(20-24)56(63)64)36-16-14-34(52-36)43(32-12-10-30(41)50-32)23-3-7-27(47)39(19-23)55(61)62/h1-20,49-52H. The molecular weight excluding hydrogens is 910 g/mol. The molecule has 0 unspecified atom stereocenters. The Labute approximate surface area is 377 Å². The third-order valence-corrected chi connectivity index (χ3v) is 11.9. The molecule has 8 bridgehead atoms. The maximum Gasteiger partial charge on any atom is 0.288 e. The highest BCUT2D eigenvalue weighted by atomic mass is 35.5. The SMILES string of the molecule is O=[N+]([O-])c1cc(C2=c3ccc([nH]3)=C(c3ccc(Cl)c([N+](=O)[O-])c3)c3ccc([nH]3)C(c3ccc(Cl)c([N+](=O)[O-])c3)=c3ccc([nH]3)=C(c3ccc(Cl)c([N+](=O)[O-])c3)c3ccc2[nH]3)ccc1Cl. The van der Waals surface area contributed by atoms with Gasteiger partial charge in [-0.2, -0.15) is 0 Å². The first kappa shape index (κ1) is 41.6. The van der Waals surface area contributed by atoms with Crippen molar-refractivity contribution in [2.45, 2.75) is 0 Å². The second-order valence-corrected chi connectivity index (χ2v) is 16.0. The molecule has 0 radical (unpaired) electrons. The first-order valence-electron chi connectivity index (χ1n) is 18.7. The van der Waals surface area contributed by atoms with Crippen LogP contribution in [0.4, 0.5) is 22.7 Å². The Hall–Kier alpha value is -7.76. The summed E-state index contributed by atoms with van der Waals surface area (Å²) in [4.78, 5) is 60.0. The van der Waals surface area contributed by atoms with Crippen molar-refractivity contribution >= 4 is 91.4 Å². The van der Waals surface area contributed by atoms with E-state index in [1.807, 2.05) is 0 Å². The van der Waals surface area contributed by atoms with Crippen LogP contribution in [0.1, 0.15) is 45.0 Å². The lowest BCUT2D eigenvalue weighted by atomic mass is 10.0. The summed E-state index contributed by atoms with van der Waals surface area (Å²) >= 11 is 25.1. The molecule has 4 aromatic carbocycles. The lowest BCUT2D eigenvalue weighted by Crippen LogP contribution is -2.19. The third-order valence-electron chi connectivity index (χ3n) is 10.6. The average molecular weight is 935 g/mol. The summed E-state index contributed by atoms with van der Waals surface area (Å²) in [6.45, 7) is 0. The number of H-pyrrole nitrogens is 4. The van der Waals surface area contributed by atoms with Crippen LogP contribution >= 0.6 is 46.4 Å². The fourth-order valence-corrected chi connectivity index (χ4v) is 8.55. The molecule has 0 amide bonds. The molecule has 0 aliphatic carbocycles. The van der Waals surface area contributed by atoms with E-state index in [1.165, 1.54) is 48.5 Å². The van der Waals surface area contributed by atoms with Crippen LogP contribution in [0, 0.1) is 40.5 Å². The second kappa shape index (κ2) is 16.2. The van der Waals surface area contributed by atoms with Gasteiger partial charge in [0.05, 0.1) is 19.7 Å². The van der Waals surface area contributed by atoms with Crippen LogP contribution in [0.3, 0.4) is 0 Å². The van der Waals surface area contributed by atoms with E-state index in [0.29, 0.717) is 88.7 Å². The number of halogens is 4. The van der Waals surface area contributed by atoms with Crippen LogP contribution in [-0.2, 0) is 0 Å². The van der Waals surface area contributed by atoms with Crippen molar-refractivity contribution in [3.8, 4) is 0 Å². The minimum atomic E-state index is -0.597. The number of aromatic nitrogens is 4. The van der Waals surface area contributed by atoms with Gasteiger partial charge in [-0.15, -0.1) is 0 Å². The normalized spacial score (nSPS) is 12.4. The molecular formula is C44H24Cl4N8O8. The second-order valence-electron chi connectivity index (χ2n) is 14.3. The number of nitro groups is 4. The van der Waals surface area contributed by atoms with Gasteiger partial charge in [0, 0.05) is 90.7 Å². The average Bonchev–Trinajstić information content (AvgIpc) is 4.11. The molecule has 64 heavy (non-hydrogen) atoms. The fourth-order valence-electron chi connectivity index (χ4n) is 7.80. The van der Waals surface area contributed by atoms with E-state index >= 15 is 0 Å². The molecule has 8 aromatic rings. The predicted octanol–water partition coefficient (Wildman–Crippen LogP) is 8.55. The van der Waals surface area contributed by atoms with E-state index < -0.39 is 19.7 Å². The highest BCUT2D eigenvalue weighted by Crippen LogP contribution is 2.35. The molecule has 0 saturated heterocycles. The van der Waals surface area contributed by atoms with Crippen LogP contribution in [0.25, 0.3) is 22.3 Å². The third kappa shape index (κ3) is 7.39. The van der Waals surface area contributed by atoms with Crippen molar-refractivity contribution in [2.75, 3.05) is 0 Å². The lowest BCUT2D eigenvalue weighted by Gasteiger charge is -2.10. The first-order chi connectivity index (χ1) is 30.7. The molecule has 5 heterocycles. The fraction of sp³-hybridized carbons (Fsp3) is 0. The summed E-state index contributed by atoms with van der Waals surface area (Å²) in [5.41, 5.74) is 3.72. The van der Waals surface area contributed by atoms with Gasteiger partial charge in [-0.3, -0.25) is 40.5 Å². The minimum absolute atomic E-state index is 0.0868. The number of fused-ring (bicyclic) bond motifs is 8. The smallest absolute Gasteiger partial charge is 0.288 e. The van der Waals surface area contributed by atoms with E-state index in [1.54, 1.807) is 72.8 Å². The van der Waals surface area contributed by atoms with Crippen molar-refractivity contribution in [3.63, 3.8) is 0 Å². The Morgan fingerprint density at radius 1 is 0.312 bits per heavy atom. The van der Waals surface area contributed by atoms with E-state index in [-0.39, 0.29) is 42.8 Å². The number of rotatable bonds is 8. The quantitative estimate of drug-likeness (QED) is 0.0849. The largest absolute Gasteiger partial charge is 0.354 e. The molecule has 20 heteroatoms. The van der Waals surface area contributed by atoms with Crippen molar-refractivity contribution < 1.29 is 19.7 Å². The van der Waals surface area contributed by atoms with E-state index in [4.69, 9.17) is 46.4 Å². The Bertz CT molecular complexity index is 3150. The van der Waals surface area contributed by atoms with E-state index in [2.05, 4.69) is 19.9 Å². The Kier molecular flexibility index (Phi) is 10.5. The van der Waals surface area contributed by atoms with Gasteiger partial charge in [0.1, 0.15) is 20.1 Å². The summed E-state index contributed by atoms with van der Waals surface area (Å²) in [6.07, 6.45) is 0. The molecule has 9 rings (SSSR count). The number of aromatic amines is 4. The number of nitrogens with zero attached hydrogens (tertiary/aromatic N) is 4. The van der Waals surface area contributed by atoms with E-state index in [0.717, 1.165) is 0 Å². The summed E-state index contributed by atoms with van der Waals surface area (Å²) < 4.78 is 0. The van der Waals surface area contributed by atoms with Gasteiger partial charge in [-0.05, 0) is 95.1 Å². The van der Waals surface area contributed by atoms with Crippen molar-refractivity contribution in [1.82, 2.24) is 19.9 Å². The molecule has 0 atom stereocenters. The maximum absolute atomic E-state index is 12.2. The number of nitrogens with one attached hydrogen (secondary N) is 4. The number of hydrogen-bond acceptors (Lipinski definition) is 8. The van der Waals surface area contributed by atoms with Gasteiger partial charge in [-0.1, -0.05) is 70.7 Å². The summed E-state index contributed by atoms with van der Waals surface area (Å²) in [7, 11) is 0.